The maximum Gasteiger partial charge on any atom is 0.244 e. The van der Waals surface area contributed by atoms with Crippen molar-refractivity contribution in [1.29, 1.82) is 0 Å². The molecule has 2 rings (SSSR count). The van der Waals surface area contributed by atoms with Crippen LogP contribution in [0.4, 0.5) is 0 Å². The van der Waals surface area contributed by atoms with E-state index in [0.29, 0.717) is 18.1 Å². The number of rotatable bonds is 7. The second-order valence-corrected chi connectivity index (χ2v) is 9.25. The fourth-order valence-corrected chi connectivity index (χ4v) is 4.71. The Morgan fingerprint density at radius 2 is 1.96 bits per heavy atom. The Bertz CT molecular complexity index is 654. The largest absolute Gasteiger partial charge is 0.353 e. The van der Waals surface area contributed by atoms with Gasteiger partial charge in [0.05, 0.1) is 10.8 Å². The SMILES string of the molecule is CCC(C)NC(=O)CSc1ccc(S(=O)(=O)N2CCCCCC2)cn1. The summed E-state index contributed by atoms with van der Waals surface area (Å²) in [5.41, 5.74) is 0. The van der Waals surface area contributed by atoms with E-state index in [0.717, 1.165) is 32.1 Å². The molecule has 8 heteroatoms. The highest BCUT2D eigenvalue weighted by molar-refractivity contribution is 7.99. The summed E-state index contributed by atoms with van der Waals surface area (Å²) < 4.78 is 26.9. The fourth-order valence-electron chi connectivity index (χ4n) is 2.59. The maximum absolute atomic E-state index is 12.7. The molecular formula is C17H27N3O3S2. The van der Waals surface area contributed by atoms with Crippen molar-refractivity contribution in [1.82, 2.24) is 14.6 Å². The van der Waals surface area contributed by atoms with Crippen LogP contribution in [0.25, 0.3) is 0 Å². The molecule has 0 aliphatic carbocycles. The molecule has 25 heavy (non-hydrogen) atoms. The van der Waals surface area contributed by atoms with Crippen molar-refractivity contribution in [3.63, 3.8) is 0 Å². The molecule has 0 radical (unpaired) electrons. The van der Waals surface area contributed by atoms with Crippen molar-refractivity contribution < 1.29 is 13.2 Å². The molecule has 0 spiro atoms. The highest BCUT2D eigenvalue weighted by Gasteiger charge is 2.25. The van der Waals surface area contributed by atoms with Crippen molar-refractivity contribution in [3.8, 4) is 0 Å². The number of nitrogens with zero attached hydrogens (tertiary/aromatic N) is 2. The molecule has 0 bridgehead atoms. The molecule has 1 unspecified atom stereocenters. The van der Waals surface area contributed by atoms with E-state index in [1.54, 1.807) is 16.4 Å². The first-order valence-corrected chi connectivity index (χ1v) is 11.2. The van der Waals surface area contributed by atoms with Gasteiger partial charge in [0.2, 0.25) is 15.9 Å². The zero-order valence-corrected chi connectivity index (χ0v) is 16.5. The normalized spacial score (nSPS) is 17.7. The standard InChI is InChI=1S/C17H27N3O3S2/c1-3-14(2)19-16(21)13-24-17-9-8-15(12-18-17)25(22,23)20-10-6-4-5-7-11-20/h8-9,12,14H,3-7,10-11,13H2,1-2H3,(H,19,21). The van der Waals surface area contributed by atoms with Gasteiger partial charge in [0, 0.05) is 25.3 Å². The highest BCUT2D eigenvalue weighted by atomic mass is 32.2. The van der Waals surface area contributed by atoms with Gasteiger partial charge in [0.1, 0.15) is 4.90 Å². The first-order valence-electron chi connectivity index (χ1n) is 8.82. The Balaban J connectivity index is 1.95. The molecule has 1 atom stereocenters. The van der Waals surface area contributed by atoms with E-state index in [1.807, 2.05) is 13.8 Å². The second kappa shape index (κ2) is 9.54. The number of carbonyl (C=O) groups is 1. The van der Waals surface area contributed by atoms with Crippen LogP contribution in [0.2, 0.25) is 0 Å². The number of thioether (sulfide) groups is 1. The minimum atomic E-state index is -3.47. The average Bonchev–Trinajstić information content (AvgIpc) is 2.90. The summed E-state index contributed by atoms with van der Waals surface area (Å²) in [5, 5.41) is 3.54. The summed E-state index contributed by atoms with van der Waals surface area (Å²) >= 11 is 1.31. The molecule has 1 aliphatic heterocycles. The summed E-state index contributed by atoms with van der Waals surface area (Å²) in [6.07, 6.45) is 6.27. The molecular weight excluding hydrogens is 358 g/mol. The minimum absolute atomic E-state index is 0.0394. The van der Waals surface area contributed by atoms with Gasteiger partial charge in [-0.3, -0.25) is 4.79 Å². The Kier molecular flexibility index (Phi) is 7.71. The lowest BCUT2D eigenvalue weighted by molar-refractivity contribution is -0.119. The minimum Gasteiger partial charge on any atom is -0.353 e. The van der Waals surface area contributed by atoms with Crippen LogP contribution in [0, 0.1) is 0 Å². The fraction of sp³-hybridized carbons (Fsp3) is 0.647. The lowest BCUT2D eigenvalue weighted by atomic mass is 10.2. The van der Waals surface area contributed by atoms with E-state index in [-0.39, 0.29) is 22.6 Å². The third-order valence-corrected chi connectivity index (χ3v) is 7.11. The summed E-state index contributed by atoms with van der Waals surface area (Å²) in [5.74, 6) is 0.234. The Morgan fingerprint density at radius 3 is 2.52 bits per heavy atom. The Morgan fingerprint density at radius 1 is 1.28 bits per heavy atom. The molecule has 1 aromatic rings. The van der Waals surface area contributed by atoms with Crippen LogP contribution in [0.3, 0.4) is 0 Å². The van der Waals surface area contributed by atoms with E-state index in [2.05, 4.69) is 10.3 Å². The smallest absolute Gasteiger partial charge is 0.244 e. The second-order valence-electron chi connectivity index (χ2n) is 6.32. The van der Waals surface area contributed by atoms with Crippen molar-refractivity contribution in [2.75, 3.05) is 18.8 Å². The number of sulfonamides is 1. The van der Waals surface area contributed by atoms with Gasteiger partial charge in [-0.1, -0.05) is 31.5 Å². The quantitative estimate of drug-likeness (QED) is 0.730. The van der Waals surface area contributed by atoms with Gasteiger partial charge in [-0.15, -0.1) is 0 Å². The summed E-state index contributed by atoms with van der Waals surface area (Å²) in [7, 11) is -3.47. The van der Waals surface area contributed by atoms with Gasteiger partial charge in [-0.2, -0.15) is 4.31 Å². The van der Waals surface area contributed by atoms with Gasteiger partial charge >= 0.3 is 0 Å². The molecule has 1 saturated heterocycles. The number of nitrogens with one attached hydrogen (secondary N) is 1. The van der Waals surface area contributed by atoms with Gasteiger partial charge < -0.3 is 5.32 Å². The molecule has 0 saturated carbocycles. The number of aromatic nitrogens is 1. The molecule has 6 nitrogen and oxygen atoms in total. The first kappa shape index (κ1) is 20.2. The van der Waals surface area contributed by atoms with Crippen molar-refractivity contribution in [2.45, 2.75) is 61.9 Å². The monoisotopic (exact) mass is 385 g/mol. The van der Waals surface area contributed by atoms with Crippen LogP contribution in [0.5, 0.6) is 0 Å². The van der Waals surface area contributed by atoms with Crippen LogP contribution in [0.15, 0.2) is 28.3 Å². The lowest BCUT2D eigenvalue weighted by Crippen LogP contribution is -2.33. The summed E-state index contributed by atoms with van der Waals surface area (Å²) in [6, 6.07) is 3.41. The zero-order valence-electron chi connectivity index (χ0n) is 14.9. The number of carbonyl (C=O) groups excluding carboxylic acids is 1. The highest BCUT2D eigenvalue weighted by Crippen LogP contribution is 2.22. The molecule has 0 aromatic carbocycles. The first-order chi connectivity index (χ1) is 11.9. The predicted molar refractivity (Wildman–Crippen MR) is 100 cm³/mol. The molecule has 1 fully saturated rings. The zero-order chi connectivity index (χ0) is 18.3. The number of hydrogen-bond acceptors (Lipinski definition) is 5. The third-order valence-electron chi connectivity index (χ3n) is 4.28. The Labute approximate surface area is 154 Å². The predicted octanol–water partition coefficient (Wildman–Crippen LogP) is 2.65. The molecule has 1 aromatic heterocycles. The van der Waals surface area contributed by atoms with Gasteiger partial charge in [-0.25, -0.2) is 13.4 Å². The topological polar surface area (TPSA) is 79.4 Å². The van der Waals surface area contributed by atoms with Gasteiger partial charge in [0.15, 0.2) is 0 Å². The molecule has 140 valence electrons. The van der Waals surface area contributed by atoms with E-state index in [1.165, 1.54) is 18.0 Å². The summed E-state index contributed by atoms with van der Waals surface area (Å²) in [4.78, 5) is 16.2. The van der Waals surface area contributed by atoms with Crippen molar-refractivity contribution >= 4 is 27.7 Å². The summed E-state index contributed by atoms with van der Waals surface area (Å²) in [6.45, 7) is 5.13. The maximum atomic E-state index is 12.7. The van der Waals surface area contributed by atoms with Crippen LogP contribution in [-0.2, 0) is 14.8 Å². The number of amides is 1. The van der Waals surface area contributed by atoms with E-state index in [9.17, 15) is 13.2 Å². The van der Waals surface area contributed by atoms with Crippen molar-refractivity contribution in [3.05, 3.63) is 18.3 Å². The van der Waals surface area contributed by atoms with Crippen LogP contribution < -0.4 is 5.32 Å². The number of pyridine rings is 1. The molecule has 1 aliphatic rings. The van der Waals surface area contributed by atoms with E-state index >= 15 is 0 Å². The Hall–Kier alpha value is -1.12. The van der Waals surface area contributed by atoms with Crippen molar-refractivity contribution in [2.24, 2.45) is 0 Å². The van der Waals surface area contributed by atoms with Gasteiger partial charge in [0.25, 0.3) is 0 Å². The third kappa shape index (κ3) is 5.97. The van der Waals surface area contributed by atoms with Crippen LogP contribution in [-0.4, -0.2) is 48.5 Å². The molecule has 1 N–H and O–H groups in total. The van der Waals surface area contributed by atoms with E-state index < -0.39 is 10.0 Å². The molecule has 1 amide bonds. The van der Waals surface area contributed by atoms with Crippen LogP contribution >= 0.6 is 11.8 Å². The lowest BCUT2D eigenvalue weighted by Gasteiger charge is -2.19. The number of hydrogen-bond donors (Lipinski definition) is 1. The van der Waals surface area contributed by atoms with E-state index in [4.69, 9.17) is 0 Å². The average molecular weight is 386 g/mol. The molecule has 2 heterocycles. The van der Waals surface area contributed by atoms with Crippen LogP contribution in [0.1, 0.15) is 46.0 Å². The van der Waals surface area contributed by atoms with Gasteiger partial charge in [-0.05, 0) is 38.3 Å².